The Kier molecular flexibility index (Phi) is 3.74. The number of nitrogens with one attached hydrogen (secondary N) is 1. The number of benzene rings is 2. The second-order valence-electron chi connectivity index (χ2n) is 5.04. The number of aromatic nitrogens is 1. The number of hydrogen-bond acceptors (Lipinski definition) is 3. The van der Waals surface area contributed by atoms with Gasteiger partial charge in [-0.2, -0.15) is 0 Å². The van der Waals surface area contributed by atoms with Gasteiger partial charge in [-0.25, -0.2) is 4.79 Å². The van der Waals surface area contributed by atoms with Gasteiger partial charge in [-0.1, -0.05) is 31.2 Å². The summed E-state index contributed by atoms with van der Waals surface area (Å²) < 4.78 is 0. The molecule has 1 aromatic heterocycles. The minimum Gasteiger partial charge on any atom is -0.478 e. The maximum Gasteiger partial charge on any atom is 0.335 e. The first-order chi connectivity index (χ1) is 10.7. The van der Waals surface area contributed by atoms with E-state index in [1.807, 2.05) is 24.3 Å². The lowest BCUT2D eigenvalue weighted by Gasteiger charge is -2.11. The van der Waals surface area contributed by atoms with Gasteiger partial charge in [-0.3, -0.25) is 4.98 Å². The summed E-state index contributed by atoms with van der Waals surface area (Å²) in [6, 6.07) is 14.8. The van der Waals surface area contributed by atoms with Crippen molar-refractivity contribution in [1.29, 1.82) is 0 Å². The Labute approximate surface area is 128 Å². The lowest BCUT2D eigenvalue weighted by Crippen LogP contribution is -1.98. The third-order valence-electron chi connectivity index (χ3n) is 3.62. The minimum atomic E-state index is -0.934. The quantitative estimate of drug-likeness (QED) is 0.755. The molecule has 22 heavy (non-hydrogen) atoms. The number of nitrogens with zero attached hydrogens (tertiary/aromatic N) is 1. The molecule has 2 aromatic carbocycles. The van der Waals surface area contributed by atoms with Crippen LogP contribution in [0.1, 0.15) is 22.8 Å². The molecule has 1 heterocycles. The van der Waals surface area contributed by atoms with E-state index in [4.69, 9.17) is 5.11 Å². The smallest absolute Gasteiger partial charge is 0.335 e. The summed E-state index contributed by atoms with van der Waals surface area (Å²) >= 11 is 0. The van der Waals surface area contributed by atoms with Crippen LogP contribution in [0.25, 0.3) is 10.9 Å². The number of pyridine rings is 1. The van der Waals surface area contributed by atoms with Crippen molar-refractivity contribution in [2.45, 2.75) is 13.3 Å². The highest BCUT2D eigenvalue weighted by Gasteiger charge is 2.07. The fourth-order valence-electron chi connectivity index (χ4n) is 2.52. The van der Waals surface area contributed by atoms with Gasteiger partial charge in [0.1, 0.15) is 0 Å². The number of hydrogen-bond donors (Lipinski definition) is 2. The molecular weight excluding hydrogens is 276 g/mol. The molecule has 0 bridgehead atoms. The number of fused-ring (bicyclic) bond motifs is 1. The first-order valence-electron chi connectivity index (χ1n) is 7.16. The molecule has 4 heteroatoms. The molecule has 0 aliphatic heterocycles. The maximum absolute atomic E-state index is 11.1. The van der Waals surface area contributed by atoms with Crippen molar-refractivity contribution in [2.24, 2.45) is 0 Å². The Hall–Kier alpha value is -2.88. The molecule has 0 radical (unpaired) electrons. The summed E-state index contributed by atoms with van der Waals surface area (Å²) in [6.45, 7) is 2.10. The van der Waals surface area contributed by atoms with Crippen LogP contribution in [0.3, 0.4) is 0 Å². The fourth-order valence-corrected chi connectivity index (χ4v) is 2.52. The van der Waals surface area contributed by atoms with Gasteiger partial charge in [0.15, 0.2) is 0 Å². The summed E-state index contributed by atoms with van der Waals surface area (Å²) in [5, 5.41) is 13.4. The molecule has 0 aliphatic rings. The monoisotopic (exact) mass is 292 g/mol. The van der Waals surface area contributed by atoms with Crippen molar-refractivity contribution in [3.8, 4) is 0 Å². The van der Waals surface area contributed by atoms with Gasteiger partial charge in [0, 0.05) is 23.0 Å². The van der Waals surface area contributed by atoms with Crippen LogP contribution in [-0.4, -0.2) is 16.1 Å². The van der Waals surface area contributed by atoms with Crippen LogP contribution >= 0.6 is 0 Å². The van der Waals surface area contributed by atoms with Crippen LogP contribution in [0, 0.1) is 0 Å². The summed E-state index contributed by atoms with van der Waals surface area (Å²) in [4.78, 5) is 15.5. The van der Waals surface area contributed by atoms with E-state index in [9.17, 15) is 4.79 Å². The van der Waals surface area contributed by atoms with Crippen LogP contribution in [0.15, 0.2) is 54.7 Å². The van der Waals surface area contributed by atoms with E-state index in [1.165, 1.54) is 5.56 Å². The van der Waals surface area contributed by atoms with Crippen molar-refractivity contribution in [2.75, 3.05) is 5.32 Å². The lowest BCUT2D eigenvalue weighted by atomic mass is 10.1. The van der Waals surface area contributed by atoms with Crippen LogP contribution in [0.2, 0.25) is 0 Å². The summed E-state index contributed by atoms with van der Waals surface area (Å²) in [6.07, 6.45) is 2.69. The van der Waals surface area contributed by atoms with Gasteiger partial charge in [0.25, 0.3) is 0 Å². The topological polar surface area (TPSA) is 62.2 Å². The van der Waals surface area contributed by atoms with Crippen molar-refractivity contribution >= 4 is 28.2 Å². The number of carbonyl (C=O) groups is 1. The molecule has 0 saturated carbocycles. The maximum atomic E-state index is 11.1. The molecule has 4 nitrogen and oxygen atoms in total. The summed E-state index contributed by atoms with van der Waals surface area (Å²) in [5.74, 6) is -0.934. The van der Waals surface area contributed by atoms with Gasteiger partial charge in [0.05, 0.1) is 11.1 Å². The molecular formula is C18H16N2O2. The number of aromatic carboxylic acids is 1. The average Bonchev–Trinajstić information content (AvgIpc) is 2.55. The first kappa shape index (κ1) is 14.1. The van der Waals surface area contributed by atoms with Crippen LogP contribution < -0.4 is 5.32 Å². The molecule has 0 spiro atoms. The molecule has 0 unspecified atom stereocenters. The molecule has 3 rings (SSSR count). The molecule has 0 atom stereocenters. The van der Waals surface area contributed by atoms with E-state index in [0.29, 0.717) is 0 Å². The number of para-hydroxylation sites is 1. The fraction of sp³-hybridized carbons (Fsp3) is 0.111. The average molecular weight is 292 g/mol. The largest absolute Gasteiger partial charge is 0.478 e. The van der Waals surface area contributed by atoms with Gasteiger partial charge >= 0.3 is 5.97 Å². The van der Waals surface area contributed by atoms with Crippen LogP contribution in [0.5, 0.6) is 0 Å². The number of rotatable bonds is 4. The highest BCUT2D eigenvalue weighted by molar-refractivity contribution is 5.95. The zero-order chi connectivity index (χ0) is 15.5. The van der Waals surface area contributed by atoms with Gasteiger partial charge in [-0.05, 0) is 36.2 Å². The van der Waals surface area contributed by atoms with Crippen LogP contribution in [-0.2, 0) is 6.42 Å². The van der Waals surface area contributed by atoms with E-state index in [2.05, 4.69) is 23.3 Å². The molecule has 0 amide bonds. The number of carboxylic acid groups (broad SMARTS) is 1. The van der Waals surface area contributed by atoms with E-state index in [-0.39, 0.29) is 5.56 Å². The van der Waals surface area contributed by atoms with Crippen molar-refractivity contribution in [1.82, 2.24) is 4.98 Å². The first-order valence-corrected chi connectivity index (χ1v) is 7.16. The van der Waals surface area contributed by atoms with E-state index >= 15 is 0 Å². The second-order valence-corrected chi connectivity index (χ2v) is 5.04. The van der Waals surface area contributed by atoms with Gasteiger partial charge < -0.3 is 10.4 Å². The standard InChI is InChI=1S/C18H16N2O2/c1-2-12-5-4-8-15-16(9-10-19-17(12)15)20-14-7-3-6-13(11-14)18(21)22/h3-11H,2H2,1H3,(H,19,20)(H,21,22). The Morgan fingerprint density at radius 3 is 2.77 bits per heavy atom. The van der Waals surface area contributed by atoms with E-state index in [1.54, 1.807) is 24.4 Å². The second kappa shape index (κ2) is 5.85. The summed E-state index contributed by atoms with van der Waals surface area (Å²) in [5.41, 5.74) is 4.10. The summed E-state index contributed by atoms with van der Waals surface area (Å²) in [7, 11) is 0. The van der Waals surface area contributed by atoms with Gasteiger partial charge in [-0.15, -0.1) is 0 Å². The molecule has 2 N–H and O–H groups in total. The predicted molar refractivity (Wildman–Crippen MR) is 87.8 cm³/mol. The van der Waals surface area contributed by atoms with E-state index in [0.717, 1.165) is 28.7 Å². The zero-order valence-electron chi connectivity index (χ0n) is 12.2. The third-order valence-corrected chi connectivity index (χ3v) is 3.62. The van der Waals surface area contributed by atoms with Crippen molar-refractivity contribution in [3.05, 3.63) is 65.9 Å². The lowest BCUT2D eigenvalue weighted by molar-refractivity contribution is 0.0697. The highest BCUT2D eigenvalue weighted by Crippen LogP contribution is 2.27. The van der Waals surface area contributed by atoms with Gasteiger partial charge in [0.2, 0.25) is 0 Å². The Bertz CT molecular complexity index is 843. The number of carboxylic acids is 1. The molecule has 110 valence electrons. The zero-order valence-corrected chi connectivity index (χ0v) is 12.2. The molecule has 3 aromatic rings. The SMILES string of the molecule is CCc1cccc2c(Nc3cccc(C(=O)O)c3)ccnc12. The third kappa shape index (κ3) is 2.63. The number of aryl methyl sites for hydroxylation is 1. The van der Waals surface area contributed by atoms with Crippen LogP contribution in [0.4, 0.5) is 11.4 Å². The minimum absolute atomic E-state index is 0.262. The molecule has 0 aliphatic carbocycles. The number of anilines is 2. The Morgan fingerprint density at radius 1 is 1.18 bits per heavy atom. The molecule has 0 saturated heterocycles. The normalized spacial score (nSPS) is 10.6. The predicted octanol–water partition coefficient (Wildman–Crippen LogP) is 4.24. The highest BCUT2D eigenvalue weighted by atomic mass is 16.4. The Morgan fingerprint density at radius 2 is 2.00 bits per heavy atom. The van der Waals surface area contributed by atoms with Crippen molar-refractivity contribution in [3.63, 3.8) is 0 Å². The molecule has 0 fully saturated rings. The van der Waals surface area contributed by atoms with Crippen molar-refractivity contribution < 1.29 is 9.90 Å². The Balaban J connectivity index is 2.04. The van der Waals surface area contributed by atoms with E-state index < -0.39 is 5.97 Å².